The second-order valence-corrected chi connectivity index (χ2v) is 11.1. The normalized spacial score (nSPS) is 23.0. The third kappa shape index (κ3) is 11.4. The van der Waals surface area contributed by atoms with E-state index in [2.05, 4.69) is 45.3 Å². The molecular weight excluding hydrogens is 415 g/mol. The summed E-state index contributed by atoms with van der Waals surface area (Å²) in [5.74, 6) is 0. The molecule has 0 aromatic rings. The van der Waals surface area contributed by atoms with E-state index in [-0.39, 0.29) is 29.1 Å². The smallest absolute Gasteiger partial charge is 0.412 e. The SMILES string of the molecule is CN(C)CCCOC(=O)NCC1(C)CC(N(P)C(=O)OCCCN(C)C)CC(C)(C)C1. The Balaban J connectivity index is 2.56. The van der Waals surface area contributed by atoms with Gasteiger partial charge < -0.3 is 24.6 Å². The third-order valence-corrected chi connectivity index (χ3v) is 6.28. The van der Waals surface area contributed by atoms with Crippen molar-refractivity contribution in [1.82, 2.24) is 19.8 Å². The first-order valence-electron chi connectivity index (χ1n) is 11.2. The molecule has 1 aliphatic rings. The Labute approximate surface area is 191 Å². The first-order chi connectivity index (χ1) is 14.3. The van der Waals surface area contributed by atoms with Gasteiger partial charge in [0.2, 0.25) is 0 Å². The standard InChI is InChI=1S/C22H45N4O4P/c1-21(2)14-18(26(31)20(28)30-13-9-11-25(6)7)15-22(3,16-21)17-23-19(27)29-12-8-10-24(4)5/h18H,8-17,31H2,1-7H3,(H,23,27). The average molecular weight is 461 g/mol. The fourth-order valence-electron chi connectivity index (χ4n) is 4.56. The van der Waals surface area contributed by atoms with Gasteiger partial charge in [-0.2, -0.15) is 0 Å². The molecule has 1 N–H and O–H groups in total. The Kier molecular flexibility index (Phi) is 11.5. The van der Waals surface area contributed by atoms with Gasteiger partial charge in [0.05, 0.1) is 13.2 Å². The first-order valence-corrected chi connectivity index (χ1v) is 11.8. The largest absolute Gasteiger partial charge is 0.450 e. The van der Waals surface area contributed by atoms with Crippen LogP contribution in [-0.2, 0) is 9.47 Å². The van der Waals surface area contributed by atoms with Gasteiger partial charge in [0.25, 0.3) is 0 Å². The minimum Gasteiger partial charge on any atom is -0.450 e. The van der Waals surface area contributed by atoms with Crippen molar-refractivity contribution in [3.05, 3.63) is 0 Å². The zero-order valence-corrected chi connectivity index (χ0v) is 21.9. The summed E-state index contributed by atoms with van der Waals surface area (Å²) in [6.45, 7) is 9.73. The van der Waals surface area contributed by atoms with E-state index >= 15 is 0 Å². The lowest BCUT2D eigenvalue weighted by molar-refractivity contribution is 0.0383. The highest BCUT2D eigenvalue weighted by atomic mass is 31.0. The molecule has 0 spiro atoms. The Morgan fingerprint density at radius 2 is 1.52 bits per heavy atom. The zero-order valence-electron chi connectivity index (χ0n) is 20.7. The molecule has 0 radical (unpaired) electrons. The Bertz CT molecular complexity index is 574. The Morgan fingerprint density at radius 1 is 0.968 bits per heavy atom. The number of amides is 2. The Morgan fingerprint density at radius 3 is 2.06 bits per heavy atom. The molecule has 0 heterocycles. The van der Waals surface area contributed by atoms with Crippen LogP contribution < -0.4 is 5.32 Å². The molecule has 1 saturated carbocycles. The van der Waals surface area contributed by atoms with Crippen molar-refractivity contribution < 1.29 is 19.1 Å². The maximum atomic E-state index is 12.5. The van der Waals surface area contributed by atoms with E-state index in [0.29, 0.717) is 19.8 Å². The van der Waals surface area contributed by atoms with Crippen molar-refractivity contribution >= 4 is 21.6 Å². The fraction of sp³-hybridized carbons (Fsp3) is 0.909. The lowest BCUT2D eigenvalue weighted by Gasteiger charge is -2.48. The number of rotatable bonds is 11. The summed E-state index contributed by atoms with van der Waals surface area (Å²) in [6.07, 6.45) is 3.61. The van der Waals surface area contributed by atoms with Crippen LogP contribution in [0.25, 0.3) is 0 Å². The highest BCUT2D eigenvalue weighted by Gasteiger charge is 2.43. The molecule has 0 aromatic heterocycles. The van der Waals surface area contributed by atoms with Crippen LogP contribution in [0.3, 0.4) is 0 Å². The van der Waals surface area contributed by atoms with Crippen LogP contribution in [0.4, 0.5) is 9.59 Å². The summed E-state index contributed by atoms with van der Waals surface area (Å²) in [7, 11) is 10.5. The van der Waals surface area contributed by atoms with Gasteiger partial charge in [0.15, 0.2) is 0 Å². The molecule has 3 unspecified atom stereocenters. The lowest BCUT2D eigenvalue weighted by Crippen LogP contribution is -2.49. The summed E-state index contributed by atoms with van der Waals surface area (Å²) in [5.41, 5.74) is -0.0793. The van der Waals surface area contributed by atoms with Crippen LogP contribution in [0.1, 0.15) is 52.9 Å². The van der Waals surface area contributed by atoms with Crippen LogP contribution in [0.2, 0.25) is 0 Å². The van der Waals surface area contributed by atoms with Gasteiger partial charge >= 0.3 is 12.2 Å². The van der Waals surface area contributed by atoms with E-state index in [9.17, 15) is 9.59 Å². The van der Waals surface area contributed by atoms with E-state index in [1.165, 1.54) is 0 Å². The number of carbonyl (C=O) groups is 2. The molecule has 31 heavy (non-hydrogen) atoms. The first kappa shape index (κ1) is 27.9. The van der Waals surface area contributed by atoms with Crippen molar-refractivity contribution in [2.75, 3.05) is 61.0 Å². The summed E-state index contributed by atoms with van der Waals surface area (Å²) in [6, 6.07) is 0.0398. The van der Waals surface area contributed by atoms with Gasteiger partial charge in [-0.25, -0.2) is 9.59 Å². The summed E-state index contributed by atoms with van der Waals surface area (Å²) >= 11 is 0. The van der Waals surface area contributed by atoms with Crippen molar-refractivity contribution in [2.45, 2.75) is 58.9 Å². The molecule has 0 bridgehead atoms. The molecule has 0 saturated heterocycles. The predicted octanol–water partition coefficient (Wildman–Crippen LogP) is 3.43. The van der Waals surface area contributed by atoms with E-state index in [1.807, 2.05) is 28.2 Å². The zero-order chi connectivity index (χ0) is 23.7. The molecule has 0 aliphatic heterocycles. The highest BCUT2D eigenvalue weighted by molar-refractivity contribution is 7.14. The molecule has 3 atom stereocenters. The van der Waals surface area contributed by atoms with Crippen LogP contribution in [-0.4, -0.2) is 93.7 Å². The highest BCUT2D eigenvalue weighted by Crippen LogP contribution is 2.47. The van der Waals surface area contributed by atoms with Crippen molar-refractivity contribution in [1.29, 1.82) is 0 Å². The van der Waals surface area contributed by atoms with Crippen molar-refractivity contribution in [3.63, 3.8) is 0 Å². The van der Waals surface area contributed by atoms with Gasteiger partial charge in [0, 0.05) is 25.7 Å². The summed E-state index contributed by atoms with van der Waals surface area (Å²) in [4.78, 5) is 28.8. The van der Waals surface area contributed by atoms with Crippen molar-refractivity contribution in [2.24, 2.45) is 10.8 Å². The van der Waals surface area contributed by atoms with E-state index in [4.69, 9.17) is 9.47 Å². The van der Waals surface area contributed by atoms with Crippen LogP contribution in [0.15, 0.2) is 0 Å². The van der Waals surface area contributed by atoms with Gasteiger partial charge in [0.1, 0.15) is 0 Å². The molecule has 9 heteroatoms. The summed E-state index contributed by atoms with van der Waals surface area (Å²) < 4.78 is 12.4. The van der Waals surface area contributed by atoms with Gasteiger partial charge in [-0.1, -0.05) is 20.8 Å². The fourth-order valence-corrected chi connectivity index (χ4v) is 4.84. The maximum absolute atomic E-state index is 12.5. The minimum absolute atomic E-state index is 0.0398. The van der Waals surface area contributed by atoms with Crippen LogP contribution in [0.5, 0.6) is 0 Å². The molecular formula is C22H45N4O4P. The van der Waals surface area contributed by atoms with Gasteiger partial charge in [-0.15, -0.1) is 0 Å². The second-order valence-electron chi connectivity index (χ2n) is 10.5. The van der Waals surface area contributed by atoms with E-state index in [1.54, 1.807) is 4.67 Å². The number of alkyl carbamates (subject to hydrolysis) is 1. The monoisotopic (exact) mass is 460 g/mol. The molecule has 0 aromatic carbocycles. The number of hydrogen-bond acceptors (Lipinski definition) is 6. The molecule has 1 fully saturated rings. The molecule has 1 aliphatic carbocycles. The van der Waals surface area contributed by atoms with E-state index < -0.39 is 0 Å². The van der Waals surface area contributed by atoms with Gasteiger partial charge in [-0.3, -0.25) is 4.67 Å². The summed E-state index contributed by atoms with van der Waals surface area (Å²) in [5, 5.41) is 2.94. The van der Waals surface area contributed by atoms with Crippen LogP contribution in [0, 0.1) is 10.8 Å². The third-order valence-electron chi connectivity index (χ3n) is 5.64. The number of ether oxygens (including phenoxy) is 2. The minimum atomic E-state index is -0.372. The number of nitrogens with zero attached hydrogens (tertiary/aromatic N) is 3. The lowest BCUT2D eigenvalue weighted by atomic mass is 9.62. The number of carbonyl (C=O) groups excluding carboxylic acids is 2. The van der Waals surface area contributed by atoms with Crippen LogP contribution >= 0.6 is 9.39 Å². The second kappa shape index (κ2) is 12.8. The van der Waals surface area contributed by atoms with Crippen molar-refractivity contribution in [3.8, 4) is 0 Å². The quantitative estimate of drug-likeness (QED) is 0.376. The molecule has 2 amide bonds. The molecule has 8 nitrogen and oxygen atoms in total. The predicted molar refractivity (Wildman–Crippen MR) is 128 cm³/mol. The Hall–Kier alpha value is -1.11. The molecule has 182 valence electrons. The number of hydrogen-bond donors (Lipinski definition) is 1. The average Bonchev–Trinajstić information content (AvgIpc) is 2.64. The maximum Gasteiger partial charge on any atom is 0.412 e. The van der Waals surface area contributed by atoms with E-state index in [0.717, 1.165) is 45.2 Å². The number of nitrogens with one attached hydrogen (secondary N) is 1. The topological polar surface area (TPSA) is 74.3 Å². The molecule has 1 rings (SSSR count). The van der Waals surface area contributed by atoms with Gasteiger partial charge in [-0.05, 0) is 80.5 Å².